The molecule has 0 heterocycles. The molecular weight excluding hydrogens is 140 g/mol. The first-order chi connectivity index (χ1) is 5.04. The van der Waals surface area contributed by atoms with Crippen LogP contribution in [-0.4, -0.2) is 17.0 Å². The second kappa shape index (κ2) is 2.94. The van der Waals surface area contributed by atoms with Crippen molar-refractivity contribution >= 4 is 5.78 Å². The third-order valence-corrected chi connectivity index (χ3v) is 2.78. The lowest BCUT2D eigenvalue weighted by Gasteiger charge is -2.15. The molecule has 0 radical (unpaired) electrons. The topological polar surface area (TPSA) is 37.3 Å². The summed E-state index contributed by atoms with van der Waals surface area (Å²) >= 11 is 0. The van der Waals surface area contributed by atoms with Crippen molar-refractivity contribution in [2.75, 3.05) is 0 Å². The summed E-state index contributed by atoms with van der Waals surface area (Å²) in [7, 11) is 0. The zero-order chi connectivity index (χ0) is 8.59. The van der Waals surface area contributed by atoms with Crippen LogP contribution < -0.4 is 0 Å². The fraction of sp³-hybridized carbons (Fsp3) is 0.889. The maximum Gasteiger partial charge on any atom is 0.135 e. The van der Waals surface area contributed by atoms with E-state index < -0.39 is 6.10 Å². The first-order valence-corrected chi connectivity index (χ1v) is 4.22. The van der Waals surface area contributed by atoms with Crippen LogP contribution in [0.3, 0.4) is 0 Å². The van der Waals surface area contributed by atoms with E-state index in [4.69, 9.17) is 0 Å². The molecule has 0 aromatic heterocycles. The molecule has 1 aliphatic rings. The van der Waals surface area contributed by atoms with Crippen LogP contribution in [0.15, 0.2) is 0 Å². The first kappa shape index (κ1) is 8.72. The average molecular weight is 156 g/mol. The van der Waals surface area contributed by atoms with Gasteiger partial charge in [0.05, 0.1) is 6.10 Å². The second-order valence-electron chi connectivity index (χ2n) is 3.82. The number of aliphatic hydroxyl groups is 1. The molecule has 1 rings (SSSR count). The van der Waals surface area contributed by atoms with Gasteiger partial charge in [-0.2, -0.15) is 0 Å². The van der Waals surface area contributed by atoms with Gasteiger partial charge in [0, 0.05) is 5.92 Å². The number of ketones is 1. The molecule has 0 spiro atoms. The van der Waals surface area contributed by atoms with Gasteiger partial charge in [0.25, 0.3) is 0 Å². The van der Waals surface area contributed by atoms with Crippen LogP contribution in [-0.2, 0) is 4.79 Å². The zero-order valence-electron chi connectivity index (χ0n) is 7.37. The molecule has 2 heteroatoms. The van der Waals surface area contributed by atoms with E-state index in [1.165, 1.54) is 0 Å². The van der Waals surface area contributed by atoms with Crippen molar-refractivity contribution in [3.05, 3.63) is 0 Å². The van der Waals surface area contributed by atoms with Crippen LogP contribution in [0.4, 0.5) is 0 Å². The third-order valence-electron chi connectivity index (χ3n) is 2.78. The van der Waals surface area contributed by atoms with Gasteiger partial charge >= 0.3 is 0 Å². The van der Waals surface area contributed by atoms with Crippen LogP contribution in [0, 0.1) is 17.8 Å². The number of hydrogen-bond acceptors (Lipinski definition) is 2. The molecule has 2 nitrogen and oxygen atoms in total. The molecule has 0 bridgehead atoms. The molecular formula is C9H16O2. The summed E-state index contributed by atoms with van der Waals surface area (Å²) in [4.78, 5) is 11.1. The van der Waals surface area contributed by atoms with Crippen molar-refractivity contribution in [3.63, 3.8) is 0 Å². The Morgan fingerprint density at radius 3 is 2.09 bits per heavy atom. The molecule has 1 N–H and O–H groups in total. The highest BCUT2D eigenvalue weighted by molar-refractivity contribution is 5.79. The Hall–Kier alpha value is -0.370. The van der Waals surface area contributed by atoms with Gasteiger partial charge in [0.2, 0.25) is 0 Å². The predicted octanol–water partition coefficient (Wildman–Crippen LogP) is 1.23. The molecule has 4 atom stereocenters. The smallest absolute Gasteiger partial charge is 0.135 e. The van der Waals surface area contributed by atoms with Gasteiger partial charge in [0.15, 0.2) is 0 Å². The number of aliphatic hydroxyl groups excluding tert-OH is 1. The van der Waals surface area contributed by atoms with Crippen molar-refractivity contribution in [2.45, 2.75) is 33.3 Å². The van der Waals surface area contributed by atoms with Gasteiger partial charge in [-0.1, -0.05) is 13.8 Å². The molecule has 0 saturated heterocycles. The van der Waals surface area contributed by atoms with E-state index in [0.717, 1.165) is 6.42 Å². The molecule has 0 aliphatic heterocycles. The molecule has 0 aromatic carbocycles. The Labute approximate surface area is 67.6 Å². The number of hydrogen-bond donors (Lipinski definition) is 1. The predicted molar refractivity (Wildman–Crippen MR) is 43.1 cm³/mol. The quantitative estimate of drug-likeness (QED) is 0.620. The van der Waals surface area contributed by atoms with E-state index in [1.807, 2.05) is 13.8 Å². The Kier molecular flexibility index (Phi) is 2.33. The summed E-state index contributed by atoms with van der Waals surface area (Å²) in [5, 5.41) is 9.58. The van der Waals surface area contributed by atoms with E-state index in [2.05, 4.69) is 0 Å². The van der Waals surface area contributed by atoms with Gasteiger partial charge in [-0.05, 0) is 25.2 Å². The number of rotatable bonds is 1. The van der Waals surface area contributed by atoms with E-state index >= 15 is 0 Å². The van der Waals surface area contributed by atoms with Gasteiger partial charge < -0.3 is 5.11 Å². The van der Waals surface area contributed by atoms with E-state index in [1.54, 1.807) is 6.92 Å². The second-order valence-corrected chi connectivity index (χ2v) is 3.82. The largest absolute Gasteiger partial charge is 0.392 e. The molecule has 1 fully saturated rings. The molecule has 1 saturated carbocycles. The maximum atomic E-state index is 11.1. The fourth-order valence-corrected chi connectivity index (χ4v) is 2.20. The van der Waals surface area contributed by atoms with E-state index in [9.17, 15) is 9.90 Å². The Morgan fingerprint density at radius 1 is 1.36 bits per heavy atom. The highest BCUT2D eigenvalue weighted by Gasteiger charge is 2.39. The van der Waals surface area contributed by atoms with Crippen LogP contribution in [0.2, 0.25) is 0 Å². The average Bonchev–Trinajstić information content (AvgIpc) is 2.07. The Balaban J connectivity index is 2.71. The fourth-order valence-electron chi connectivity index (χ4n) is 2.20. The molecule has 0 aromatic rings. The van der Waals surface area contributed by atoms with Crippen LogP contribution in [0.5, 0.6) is 0 Å². The first-order valence-electron chi connectivity index (χ1n) is 4.22. The third kappa shape index (κ3) is 1.45. The van der Waals surface area contributed by atoms with Crippen molar-refractivity contribution in [3.8, 4) is 0 Å². The summed E-state index contributed by atoms with van der Waals surface area (Å²) in [6.07, 6.45) is 0.577. The molecule has 4 unspecified atom stereocenters. The lowest BCUT2D eigenvalue weighted by Crippen LogP contribution is -2.27. The highest BCUT2D eigenvalue weighted by Crippen LogP contribution is 2.36. The molecule has 11 heavy (non-hydrogen) atoms. The number of carbonyl (C=O) groups is 1. The minimum atomic E-state index is -0.400. The lowest BCUT2D eigenvalue weighted by atomic mass is 9.93. The minimum Gasteiger partial charge on any atom is -0.392 e. The van der Waals surface area contributed by atoms with Crippen molar-refractivity contribution < 1.29 is 9.90 Å². The molecule has 1 aliphatic carbocycles. The standard InChI is InChI=1S/C9H16O2/c1-5-4-6(2)9(11)8(5)7(3)10/h5-6,8-9,11H,4H2,1-3H3. The maximum absolute atomic E-state index is 11.1. The summed E-state index contributed by atoms with van der Waals surface area (Å²) in [6.45, 7) is 5.62. The van der Waals surface area contributed by atoms with Gasteiger partial charge in [-0.15, -0.1) is 0 Å². The van der Waals surface area contributed by atoms with E-state index in [-0.39, 0.29) is 11.7 Å². The number of carbonyl (C=O) groups excluding carboxylic acids is 1. The Bertz CT molecular complexity index is 165. The highest BCUT2D eigenvalue weighted by atomic mass is 16.3. The minimum absolute atomic E-state index is 0.106. The van der Waals surface area contributed by atoms with Crippen molar-refractivity contribution in [1.29, 1.82) is 0 Å². The van der Waals surface area contributed by atoms with Gasteiger partial charge in [-0.25, -0.2) is 0 Å². The summed E-state index contributed by atoms with van der Waals surface area (Å²) in [5.41, 5.74) is 0. The number of Topliss-reactive ketones (excluding diaryl/α,β-unsaturated/α-hetero) is 1. The monoisotopic (exact) mass is 156 g/mol. The molecule has 0 amide bonds. The summed E-state index contributed by atoms with van der Waals surface area (Å²) < 4.78 is 0. The van der Waals surface area contributed by atoms with Gasteiger partial charge in [0.1, 0.15) is 5.78 Å². The Morgan fingerprint density at radius 2 is 1.91 bits per heavy atom. The normalized spacial score (nSPS) is 44.4. The van der Waals surface area contributed by atoms with Crippen molar-refractivity contribution in [1.82, 2.24) is 0 Å². The van der Waals surface area contributed by atoms with Crippen LogP contribution in [0.25, 0.3) is 0 Å². The molecule has 64 valence electrons. The van der Waals surface area contributed by atoms with Gasteiger partial charge in [-0.3, -0.25) is 4.79 Å². The lowest BCUT2D eigenvalue weighted by molar-refractivity contribution is -0.124. The van der Waals surface area contributed by atoms with Crippen LogP contribution >= 0.6 is 0 Å². The SMILES string of the molecule is CC(=O)C1C(C)CC(C)C1O. The van der Waals surface area contributed by atoms with E-state index in [0.29, 0.717) is 11.8 Å². The summed E-state index contributed by atoms with van der Waals surface area (Å²) in [6, 6.07) is 0. The summed E-state index contributed by atoms with van der Waals surface area (Å²) in [5.74, 6) is 0.677. The zero-order valence-corrected chi connectivity index (χ0v) is 7.37. The van der Waals surface area contributed by atoms with Crippen LogP contribution in [0.1, 0.15) is 27.2 Å². The van der Waals surface area contributed by atoms with Crippen molar-refractivity contribution in [2.24, 2.45) is 17.8 Å².